The second kappa shape index (κ2) is 5.74. The van der Waals surface area contributed by atoms with Gasteiger partial charge in [0.1, 0.15) is 5.75 Å². The molecule has 0 aliphatic rings. The SMILES string of the molecule is Cc1cc(Br)cc(Cl)c1OC(C(=O)O)C(C)C. The summed E-state index contributed by atoms with van der Waals surface area (Å²) in [5.41, 5.74) is 0.802. The van der Waals surface area contributed by atoms with Crippen LogP contribution in [-0.4, -0.2) is 17.2 Å². The molecule has 0 saturated heterocycles. The van der Waals surface area contributed by atoms with Gasteiger partial charge in [-0.1, -0.05) is 41.4 Å². The number of aryl methyl sites for hydroxylation is 1. The number of carbonyl (C=O) groups is 1. The van der Waals surface area contributed by atoms with Crippen molar-refractivity contribution in [1.29, 1.82) is 0 Å². The Bertz CT molecular complexity index is 409. The molecule has 17 heavy (non-hydrogen) atoms. The molecule has 0 aromatic heterocycles. The van der Waals surface area contributed by atoms with Crippen LogP contribution < -0.4 is 4.74 Å². The maximum atomic E-state index is 11.1. The fraction of sp³-hybridized carbons (Fsp3) is 0.417. The maximum Gasteiger partial charge on any atom is 0.345 e. The average molecular weight is 322 g/mol. The second-order valence-corrected chi connectivity index (χ2v) is 5.48. The Balaban J connectivity index is 3.05. The molecule has 0 spiro atoms. The highest BCUT2D eigenvalue weighted by Crippen LogP contribution is 2.33. The van der Waals surface area contributed by atoms with E-state index in [0.717, 1.165) is 10.0 Å². The Kier molecular flexibility index (Phi) is 4.83. The van der Waals surface area contributed by atoms with E-state index in [1.807, 2.05) is 13.0 Å². The highest BCUT2D eigenvalue weighted by atomic mass is 79.9. The van der Waals surface area contributed by atoms with Gasteiger partial charge in [-0.3, -0.25) is 0 Å². The van der Waals surface area contributed by atoms with Crippen LogP contribution in [-0.2, 0) is 4.79 Å². The van der Waals surface area contributed by atoms with Crippen LogP contribution in [0, 0.1) is 12.8 Å². The minimum atomic E-state index is -0.988. The third-order valence-electron chi connectivity index (χ3n) is 2.29. The van der Waals surface area contributed by atoms with E-state index in [1.165, 1.54) is 0 Å². The number of hydrogen-bond donors (Lipinski definition) is 1. The van der Waals surface area contributed by atoms with Gasteiger partial charge in [-0.15, -0.1) is 0 Å². The van der Waals surface area contributed by atoms with Gasteiger partial charge >= 0.3 is 5.97 Å². The third kappa shape index (κ3) is 3.61. The predicted octanol–water partition coefficient (Wildman–Crippen LogP) is 3.90. The summed E-state index contributed by atoms with van der Waals surface area (Å²) in [6.45, 7) is 5.41. The molecule has 94 valence electrons. The number of carboxylic acids is 1. The van der Waals surface area contributed by atoms with Gasteiger partial charge in [-0.25, -0.2) is 4.79 Å². The molecule has 0 amide bonds. The van der Waals surface area contributed by atoms with E-state index in [-0.39, 0.29) is 5.92 Å². The van der Waals surface area contributed by atoms with Gasteiger partial charge in [0.25, 0.3) is 0 Å². The van der Waals surface area contributed by atoms with Crippen LogP contribution in [0.2, 0.25) is 5.02 Å². The van der Waals surface area contributed by atoms with Crippen molar-refractivity contribution in [2.24, 2.45) is 5.92 Å². The Labute approximate surface area is 114 Å². The molecule has 0 bridgehead atoms. The van der Waals surface area contributed by atoms with Crippen molar-refractivity contribution in [3.8, 4) is 5.75 Å². The molecule has 0 aliphatic carbocycles. The molecule has 1 rings (SSSR count). The van der Waals surface area contributed by atoms with Gasteiger partial charge in [0.2, 0.25) is 0 Å². The van der Waals surface area contributed by atoms with Crippen molar-refractivity contribution in [3.63, 3.8) is 0 Å². The highest BCUT2D eigenvalue weighted by Gasteiger charge is 2.25. The molecule has 1 atom stereocenters. The number of carboxylic acid groups (broad SMARTS) is 1. The van der Waals surface area contributed by atoms with Crippen LogP contribution in [0.15, 0.2) is 16.6 Å². The van der Waals surface area contributed by atoms with E-state index in [2.05, 4.69) is 15.9 Å². The topological polar surface area (TPSA) is 46.5 Å². The molecule has 5 heteroatoms. The van der Waals surface area contributed by atoms with E-state index in [4.69, 9.17) is 21.4 Å². The van der Waals surface area contributed by atoms with Crippen LogP contribution in [0.1, 0.15) is 19.4 Å². The Morgan fingerprint density at radius 1 is 1.47 bits per heavy atom. The summed E-state index contributed by atoms with van der Waals surface area (Å²) in [4.78, 5) is 11.1. The fourth-order valence-electron chi connectivity index (χ4n) is 1.44. The quantitative estimate of drug-likeness (QED) is 0.915. The summed E-state index contributed by atoms with van der Waals surface area (Å²) in [7, 11) is 0. The smallest absolute Gasteiger partial charge is 0.345 e. The lowest BCUT2D eigenvalue weighted by molar-refractivity contribution is -0.147. The molecule has 0 saturated carbocycles. The van der Waals surface area contributed by atoms with E-state index in [0.29, 0.717) is 10.8 Å². The van der Waals surface area contributed by atoms with Crippen molar-refractivity contribution >= 4 is 33.5 Å². The maximum absolute atomic E-state index is 11.1. The number of aliphatic carboxylic acids is 1. The molecule has 0 radical (unpaired) electrons. The zero-order valence-electron chi connectivity index (χ0n) is 9.83. The summed E-state index contributed by atoms with van der Waals surface area (Å²) >= 11 is 9.36. The normalized spacial score (nSPS) is 12.6. The number of ether oxygens (including phenoxy) is 1. The largest absolute Gasteiger partial charge is 0.478 e. The summed E-state index contributed by atoms with van der Waals surface area (Å²) < 4.78 is 6.34. The van der Waals surface area contributed by atoms with Crippen molar-refractivity contribution in [3.05, 3.63) is 27.2 Å². The standard InChI is InChI=1S/C12H14BrClO3/c1-6(2)10(12(15)16)17-11-7(3)4-8(13)5-9(11)14/h4-6,10H,1-3H3,(H,15,16). The first kappa shape index (κ1) is 14.3. The number of hydrogen-bond acceptors (Lipinski definition) is 2. The molecule has 0 fully saturated rings. The van der Waals surface area contributed by atoms with E-state index < -0.39 is 12.1 Å². The van der Waals surface area contributed by atoms with Crippen LogP contribution in [0.4, 0.5) is 0 Å². The molecular formula is C12H14BrClO3. The number of benzene rings is 1. The summed E-state index contributed by atoms with van der Waals surface area (Å²) in [6, 6.07) is 3.52. The van der Waals surface area contributed by atoms with E-state index >= 15 is 0 Å². The van der Waals surface area contributed by atoms with Gasteiger partial charge in [0, 0.05) is 10.4 Å². The van der Waals surface area contributed by atoms with E-state index in [1.54, 1.807) is 19.9 Å². The third-order valence-corrected chi connectivity index (χ3v) is 3.03. The minimum Gasteiger partial charge on any atom is -0.478 e. The van der Waals surface area contributed by atoms with Gasteiger partial charge in [0.15, 0.2) is 6.10 Å². The van der Waals surface area contributed by atoms with Crippen LogP contribution in [0.5, 0.6) is 5.75 Å². The summed E-state index contributed by atoms with van der Waals surface area (Å²) in [5, 5.41) is 9.47. The Morgan fingerprint density at radius 2 is 2.06 bits per heavy atom. The number of rotatable bonds is 4. The fourth-order valence-corrected chi connectivity index (χ4v) is 2.45. The van der Waals surface area contributed by atoms with Gasteiger partial charge in [0.05, 0.1) is 5.02 Å². The van der Waals surface area contributed by atoms with Crippen LogP contribution >= 0.6 is 27.5 Å². The Hall–Kier alpha value is -0.740. The molecule has 0 heterocycles. The lowest BCUT2D eigenvalue weighted by Gasteiger charge is -2.20. The zero-order valence-corrected chi connectivity index (χ0v) is 12.2. The minimum absolute atomic E-state index is 0.133. The zero-order chi connectivity index (χ0) is 13.2. The molecule has 1 aromatic rings. The van der Waals surface area contributed by atoms with Crippen molar-refractivity contribution in [2.75, 3.05) is 0 Å². The van der Waals surface area contributed by atoms with Crippen molar-refractivity contribution in [2.45, 2.75) is 26.9 Å². The average Bonchev–Trinajstić information content (AvgIpc) is 2.14. The molecule has 0 aliphatic heterocycles. The van der Waals surface area contributed by atoms with Crippen LogP contribution in [0.3, 0.4) is 0 Å². The van der Waals surface area contributed by atoms with Gasteiger partial charge < -0.3 is 9.84 Å². The highest BCUT2D eigenvalue weighted by molar-refractivity contribution is 9.10. The Morgan fingerprint density at radius 3 is 2.47 bits per heavy atom. The van der Waals surface area contributed by atoms with Gasteiger partial charge in [-0.05, 0) is 24.6 Å². The molecule has 1 unspecified atom stereocenters. The second-order valence-electron chi connectivity index (χ2n) is 4.15. The molecular weight excluding hydrogens is 307 g/mol. The monoisotopic (exact) mass is 320 g/mol. The van der Waals surface area contributed by atoms with Gasteiger partial charge in [-0.2, -0.15) is 0 Å². The predicted molar refractivity (Wildman–Crippen MR) is 70.8 cm³/mol. The first-order chi connectivity index (χ1) is 7.82. The van der Waals surface area contributed by atoms with Crippen molar-refractivity contribution in [1.82, 2.24) is 0 Å². The lowest BCUT2D eigenvalue weighted by Crippen LogP contribution is -2.32. The summed E-state index contributed by atoms with van der Waals surface area (Å²) in [5.74, 6) is -0.694. The first-order valence-corrected chi connectivity index (χ1v) is 6.35. The lowest BCUT2D eigenvalue weighted by atomic mass is 10.1. The number of halogens is 2. The van der Waals surface area contributed by atoms with Crippen LogP contribution in [0.25, 0.3) is 0 Å². The first-order valence-electron chi connectivity index (χ1n) is 5.18. The van der Waals surface area contributed by atoms with E-state index in [9.17, 15) is 4.79 Å². The molecule has 3 nitrogen and oxygen atoms in total. The summed E-state index contributed by atoms with van der Waals surface area (Å²) in [6.07, 6.45) is -0.896. The molecule has 1 aromatic carbocycles. The molecule has 1 N–H and O–H groups in total. The van der Waals surface area contributed by atoms with Crippen molar-refractivity contribution < 1.29 is 14.6 Å².